The second-order valence-electron chi connectivity index (χ2n) is 6.07. The third kappa shape index (κ3) is 3.55. The fourth-order valence-corrected chi connectivity index (χ4v) is 3.33. The number of hydrogen-bond donors (Lipinski definition) is 0. The van der Waals surface area contributed by atoms with Gasteiger partial charge in [-0.15, -0.1) is 0 Å². The average Bonchev–Trinajstić information content (AvgIpc) is 2.65. The number of rotatable bonds is 4. The molecule has 0 radical (unpaired) electrons. The molecule has 0 amide bonds. The van der Waals surface area contributed by atoms with Gasteiger partial charge in [0.15, 0.2) is 0 Å². The molecule has 2 aliphatic heterocycles. The molecule has 0 N–H and O–H groups in total. The van der Waals surface area contributed by atoms with Gasteiger partial charge in [0.1, 0.15) is 6.29 Å². The minimum absolute atomic E-state index is 0.121. The van der Waals surface area contributed by atoms with Crippen molar-refractivity contribution in [1.82, 2.24) is 4.90 Å². The molecular formula is C15H27NO2. The van der Waals surface area contributed by atoms with Crippen LogP contribution in [-0.4, -0.2) is 44.0 Å². The van der Waals surface area contributed by atoms with E-state index in [0.717, 1.165) is 38.5 Å². The van der Waals surface area contributed by atoms with Gasteiger partial charge in [-0.2, -0.15) is 0 Å². The Hall–Kier alpha value is -0.410. The number of nitrogens with zero attached hydrogens (tertiary/aromatic N) is 1. The Morgan fingerprint density at radius 2 is 2.06 bits per heavy atom. The summed E-state index contributed by atoms with van der Waals surface area (Å²) in [6.07, 6.45) is 8.29. The number of hydrogen-bond acceptors (Lipinski definition) is 3. The predicted molar refractivity (Wildman–Crippen MR) is 72.6 cm³/mol. The Bertz CT molecular complexity index is 261. The highest BCUT2D eigenvalue weighted by Crippen LogP contribution is 2.30. The van der Waals surface area contributed by atoms with Gasteiger partial charge < -0.3 is 14.4 Å². The van der Waals surface area contributed by atoms with Crippen molar-refractivity contribution in [2.45, 2.75) is 45.4 Å². The van der Waals surface area contributed by atoms with Gasteiger partial charge in [-0.1, -0.05) is 13.3 Å². The van der Waals surface area contributed by atoms with Crippen LogP contribution in [0.1, 0.15) is 45.4 Å². The summed E-state index contributed by atoms with van der Waals surface area (Å²) in [5, 5.41) is 0. The molecule has 3 heteroatoms. The van der Waals surface area contributed by atoms with Gasteiger partial charge in [0.05, 0.1) is 0 Å². The monoisotopic (exact) mass is 253 g/mol. The molecule has 0 saturated carbocycles. The molecule has 2 heterocycles. The molecule has 0 spiro atoms. The lowest BCUT2D eigenvalue weighted by molar-refractivity contribution is -0.123. The maximum Gasteiger partial charge on any atom is 0.127 e. The Morgan fingerprint density at radius 3 is 2.72 bits per heavy atom. The van der Waals surface area contributed by atoms with E-state index < -0.39 is 0 Å². The topological polar surface area (TPSA) is 29.5 Å². The van der Waals surface area contributed by atoms with E-state index >= 15 is 0 Å². The molecule has 1 atom stereocenters. The maximum absolute atomic E-state index is 11.5. The number of carbonyl (C=O) groups excluding carboxylic acids is 1. The van der Waals surface area contributed by atoms with Crippen LogP contribution < -0.4 is 0 Å². The summed E-state index contributed by atoms with van der Waals surface area (Å²) in [7, 11) is 0. The summed E-state index contributed by atoms with van der Waals surface area (Å²) in [5.41, 5.74) is -0.121. The molecule has 104 valence electrons. The van der Waals surface area contributed by atoms with Crippen molar-refractivity contribution < 1.29 is 9.53 Å². The zero-order valence-corrected chi connectivity index (χ0v) is 11.7. The predicted octanol–water partition coefficient (Wildman–Crippen LogP) is 2.49. The Balaban J connectivity index is 1.89. The molecule has 2 saturated heterocycles. The zero-order chi connectivity index (χ0) is 12.8. The first-order chi connectivity index (χ1) is 8.78. The second kappa shape index (κ2) is 6.67. The van der Waals surface area contributed by atoms with E-state index in [1.165, 1.54) is 45.1 Å². The highest BCUT2D eigenvalue weighted by atomic mass is 16.5. The summed E-state index contributed by atoms with van der Waals surface area (Å²) in [4.78, 5) is 14.0. The summed E-state index contributed by atoms with van der Waals surface area (Å²) < 4.78 is 5.40. The van der Waals surface area contributed by atoms with Gasteiger partial charge >= 0.3 is 0 Å². The summed E-state index contributed by atoms with van der Waals surface area (Å²) in [5.74, 6) is 0.900. The van der Waals surface area contributed by atoms with Crippen molar-refractivity contribution in [3.63, 3.8) is 0 Å². The molecule has 1 unspecified atom stereocenters. The third-order valence-electron chi connectivity index (χ3n) is 4.79. The third-order valence-corrected chi connectivity index (χ3v) is 4.79. The van der Waals surface area contributed by atoms with Crippen LogP contribution in [0.2, 0.25) is 0 Å². The number of likely N-dealkylation sites (tertiary alicyclic amines) is 1. The van der Waals surface area contributed by atoms with E-state index in [1.54, 1.807) is 0 Å². The highest BCUT2D eigenvalue weighted by Gasteiger charge is 2.34. The molecule has 0 aliphatic carbocycles. The standard InChI is InChI=1S/C15H27NO2/c1-2-14-4-3-8-16(9-5-14)12-15(13-17)6-10-18-11-7-15/h13-14H,2-12H2,1H3. The summed E-state index contributed by atoms with van der Waals surface area (Å²) >= 11 is 0. The minimum atomic E-state index is -0.121. The van der Waals surface area contributed by atoms with Crippen LogP contribution in [0.3, 0.4) is 0 Å². The minimum Gasteiger partial charge on any atom is -0.381 e. The molecule has 0 aromatic carbocycles. The van der Waals surface area contributed by atoms with Crippen LogP contribution in [0.15, 0.2) is 0 Å². The highest BCUT2D eigenvalue weighted by molar-refractivity contribution is 5.60. The number of ether oxygens (including phenoxy) is 1. The van der Waals surface area contributed by atoms with Crippen molar-refractivity contribution in [1.29, 1.82) is 0 Å². The van der Waals surface area contributed by atoms with Gasteiger partial charge in [0.25, 0.3) is 0 Å². The number of aldehydes is 1. The summed E-state index contributed by atoms with van der Waals surface area (Å²) in [6.45, 7) is 7.11. The van der Waals surface area contributed by atoms with Crippen LogP contribution in [0.4, 0.5) is 0 Å². The average molecular weight is 253 g/mol. The van der Waals surface area contributed by atoms with Crippen molar-refractivity contribution >= 4 is 6.29 Å². The van der Waals surface area contributed by atoms with E-state index in [-0.39, 0.29) is 5.41 Å². The van der Waals surface area contributed by atoms with Gasteiger partial charge in [-0.05, 0) is 51.1 Å². The van der Waals surface area contributed by atoms with E-state index in [9.17, 15) is 4.79 Å². The quantitative estimate of drug-likeness (QED) is 0.721. The van der Waals surface area contributed by atoms with Crippen LogP contribution in [0, 0.1) is 11.3 Å². The first kappa shape index (κ1) is 14.0. The van der Waals surface area contributed by atoms with Crippen molar-refractivity contribution in [3.8, 4) is 0 Å². The fourth-order valence-electron chi connectivity index (χ4n) is 3.33. The van der Waals surface area contributed by atoms with Crippen LogP contribution in [0.25, 0.3) is 0 Å². The van der Waals surface area contributed by atoms with Crippen LogP contribution in [0.5, 0.6) is 0 Å². The van der Waals surface area contributed by atoms with E-state index in [4.69, 9.17) is 4.74 Å². The Kier molecular flexibility index (Phi) is 5.19. The first-order valence-corrected chi connectivity index (χ1v) is 7.54. The molecule has 0 aromatic rings. The first-order valence-electron chi connectivity index (χ1n) is 7.54. The molecule has 0 aromatic heterocycles. The normalized spacial score (nSPS) is 29.7. The van der Waals surface area contributed by atoms with E-state index in [2.05, 4.69) is 11.8 Å². The molecule has 2 fully saturated rings. The van der Waals surface area contributed by atoms with Crippen LogP contribution in [-0.2, 0) is 9.53 Å². The number of carbonyl (C=O) groups is 1. The van der Waals surface area contributed by atoms with Gasteiger partial charge in [0, 0.05) is 25.2 Å². The SMILES string of the molecule is CCC1CCCN(CC2(C=O)CCOCC2)CC1. The van der Waals surface area contributed by atoms with E-state index in [0.29, 0.717) is 0 Å². The Labute approximate surface area is 111 Å². The van der Waals surface area contributed by atoms with Crippen molar-refractivity contribution in [2.24, 2.45) is 11.3 Å². The Morgan fingerprint density at radius 1 is 1.28 bits per heavy atom. The van der Waals surface area contributed by atoms with Gasteiger partial charge in [-0.3, -0.25) is 0 Å². The van der Waals surface area contributed by atoms with Gasteiger partial charge in [-0.25, -0.2) is 0 Å². The molecule has 2 rings (SSSR count). The summed E-state index contributed by atoms with van der Waals surface area (Å²) in [6, 6.07) is 0. The second-order valence-corrected chi connectivity index (χ2v) is 6.07. The maximum atomic E-state index is 11.5. The lowest BCUT2D eigenvalue weighted by Crippen LogP contribution is -2.43. The van der Waals surface area contributed by atoms with E-state index in [1.807, 2.05) is 0 Å². The fraction of sp³-hybridized carbons (Fsp3) is 0.933. The molecule has 2 aliphatic rings. The molecular weight excluding hydrogens is 226 g/mol. The van der Waals surface area contributed by atoms with Crippen molar-refractivity contribution in [2.75, 3.05) is 32.8 Å². The zero-order valence-electron chi connectivity index (χ0n) is 11.7. The largest absolute Gasteiger partial charge is 0.381 e. The molecule has 3 nitrogen and oxygen atoms in total. The van der Waals surface area contributed by atoms with Crippen LogP contribution >= 0.6 is 0 Å². The van der Waals surface area contributed by atoms with Crippen molar-refractivity contribution in [3.05, 3.63) is 0 Å². The molecule has 18 heavy (non-hydrogen) atoms. The molecule has 0 bridgehead atoms. The van der Waals surface area contributed by atoms with Gasteiger partial charge in [0.2, 0.25) is 0 Å². The lowest BCUT2D eigenvalue weighted by Gasteiger charge is -2.36. The lowest BCUT2D eigenvalue weighted by atomic mass is 9.81. The smallest absolute Gasteiger partial charge is 0.127 e.